The molecule has 1 aliphatic carbocycles. The number of amides is 1. The number of nitriles is 1. The van der Waals surface area contributed by atoms with Crippen molar-refractivity contribution in [1.29, 1.82) is 5.26 Å². The minimum Gasteiger partial charge on any atom is -0.495 e. The predicted octanol–water partition coefficient (Wildman–Crippen LogP) is 2.69. The third-order valence-corrected chi connectivity index (χ3v) is 5.45. The van der Waals surface area contributed by atoms with Crippen LogP contribution in [0.3, 0.4) is 0 Å². The third kappa shape index (κ3) is 4.13. The summed E-state index contributed by atoms with van der Waals surface area (Å²) < 4.78 is 5.20. The number of carbonyl (C=O) groups excluding carboxylic acids is 1. The van der Waals surface area contributed by atoms with Crippen molar-refractivity contribution in [3.05, 3.63) is 29.3 Å². The fourth-order valence-corrected chi connectivity index (χ4v) is 3.70. The maximum absolute atomic E-state index is 12.3. The van der Waals surface area contributed by atoms with Crippen molar-refractivity contribution in [1.82, 2.24) is 10.2 Å². The Morgan fingerprint density at radius 2 is 2.20 bits per heavy atom. The monoisotopic (exact) mass is 341 g/mol. The van der Waals surface area contributed by atoms with E-state index in [0.29, 0.717) is 35.1 Å². The first-order chi connectivity index (χ1) is 12.2. The number of hydrogen-bond acceptors (Lipinski definition) is 4. The summed E-state index contributed by atoms with van der Waals surface area (Å²) in [4.78, 5) is 14.4. The van der Waals surface area contributed by atoms with Gasteiger partial charge >= 0.3 is 0 Å². The van der Waals surface area contributed by atoms with E-state index in [1.807, 2.05) is 18.2 Å². The summed E-state index contributed by atoms with van der Waals surface area (Å²) in [6, 6.07) is 8.34. The summed E-state index contributed by atoms with van der Waals surface area (Å²) >= 11 is 0. The molecule has 5 heteroatoms. The molecular weight excluding hydrogens is 314 g/mol. The van der Waals surface area contributed by atoms with Crippen LogP contribution in [0.5, 0.6) is 5.75 Å². The number of rotatable bonds is 6. The van der Waals surface area contributed by atoms with Crippen LogP contribution in [0.2, 0.25) is 0 Å². The third-order valence-electron chi connectivity index (χ3n) is 5.45. The van der Waals surface area contributed by atoms with E-state index in [1.165, 1.54) is 0 Å². The number of nitrogens with zero attached hydrogens (tertiary/aromatic N) is 2. The van der Waals surface area contributed by atoms with Gasteiger partial charge in [-0.05, 0) is 42.9 Å². The van der Waals surface area contributed by atoms with E-state index in [9.17, 15) is 10.1 Å². The lowest BCUT2D eigenvalue weighted by atomic mass is 9.89. The lowest BCUT2D eigenvalue weighted by Crippen LogP contribution is -2.51. The Morgan fingerprint density at radius 1 is 1.40 bits per heavy atom. The highest BCUT2D eigenvalue weighted by Crippen LogP contribution is 2.33. The number of nitrogens with one attached hydrogen (secondary N) is 1. The first-order valence-electron chi connectivity index (χ1n) is 9.25. The Bertz CT molecular complexity index is 663. The maximum atomic E-state index is 12.3. The zero-order valence-corrected chi connectivity index (χ0v) is 15.1. The van der Waals surface area contributed by atoms with Gasteiger partial charge in [0, 0.05) is 31.6 Å². The second-order valence-corrected chi connectivity index (χ2v) is 7.15. The highest BCUT2D eigenvalue weighted by Gasteiger charge is 2.37. The van der Waals surface area contributed by atoms with Gasteiger partial charge in [0.1, 0.15) is 11.8 Å². The highest BCUT2D eigenvalue weighted by molar-refractivity contribution is 5.81. The molecular formula is C20H27N3O2. The summed E-state index contributed by atoms with van der Waals surface area (Å²) in [5.74, 6) is 1.78. The zero-order valence-electron chi connectivity index (χ0n) is 15.1. The van der Waals surface area contributed by atoms with Crippen molar-refractivity contribution in [2.24, 2.45) is 11.8 Å². The molecule has 3 rings (SSSR count). The number of ether oxygens (including phenoxy) is 1. The van der Waals surface area contributed by atoms with Crippen LogP contribution in [0.1, 0.15) is 43.7 Å². The van der Waals surface area contributed by atoms with Gasteiger partial charge in [0.05, 0.1) is 12.7 Å². The smallest absolute Gasteiger partial charge is 0.225 e. The molecule has 0 aromatic heterocycles. The van der Waals surface area contributed by atoms with E-state index >= 15 is 0 Å². The summed E-state index contributed by atoms with van der Waals surface area (Å²) in [5.41, 5.74) is 1.65. The first-order valence-corrected chi connectivity index (χ1v) is 9.25. The largest absolute Gasteiger partial charge is 0.495 e. The molecule has 25 heavy (non-hydrogen) atoms. The normalized spacial score (nSPS) is 23.2. The second-order valence-electron chi connectivity index (χ2n) is 7.15. The maximum Gasteiger partial charge on any atom is 0.225 e. The van der Waals surface area contributed by atoms with Gasteiger partial charge in [0.25, 0.3) is 0 Å². The van der Waals surface area contributed by atoms with E-state index in [1.54, 1.807) is 7.11 Å². The van der Waals surface area contributed by atoms with Crippen molar-refractivity contribution >= 4 is 5.91 Å². The molecule has 0 unspecified atom stereocenters. The second kappa shape index (κ2) is 7.88. The summed E-state index contributed by atoms with van der Waals surface area (Å²) in [6.07, 6.45) is 4.22. The van der Waals surface area contributed by atoms with Gasteiger partial charge in [-0.15, -0.1) is 0 Å². The van der Waals surface area contributed by atoms with Crippen LogP contribution in [0.4, 0.5) is 0 Å². The molecule has 1 aromatic carbocycles. The molecule has 0 spiro atoms. The number of carbonyl (C=O) groups is 1. The van der Waals surface area contributed by atoms with Crippen molar-refractivity contribution in [3.63, 3.8) is 0 Å². The lowest BCUT2D eigenvalue weighted by molar-refractivity contribution is -0.134. The van der Waals surface area contributed by atoms with Crippen LogP contribution in [-0.2, 0) is 11.3 Å². The predicted molar refractivity (Wildman–Crippen MR) is 96.0 cm³/mol. The number of piperidine rings is 1. The van der Waals surface area contributed by atoms with Gasteiger partial charge in [-0.2, -0.15) is 5.26 Å². The quantitative estimate of drug-likeness (QED) is 0.864. The molecule has 2 aliphatic rings. The Labute approximate surface area is 150 Å². The first kappa shape index (κ1) is 17.8. The van der Waals surface area contributed by atoms with Gasteiger partial charge in [-0.25, -0.2) is 0 Å². The van der Waals surface area contributed by atoms with Gasteiger partial charge in [-0.1, -0.05) is 19.4 Å². The van der Waals surface area contributed by atoms with Gasteiger partial charge < -0.3 is 15.0 Å². The molecule has 1 amide bonds. The van der Waals surface area contributed by atoms with E-state index in [-0.39, 0.29) is 0 Å². The Kier molecular flexibility index (Phi) is 5.60. The van der Waals surface area contributed by atoms with Crippen molar-refractivity contribution in [2.45, 2.75) is 45.2 Å². The summed E-state index contributed by atoms with van der Waals surface area (Å²) in [6.45, 7) is 4.66. The molecule has 2 atom stereocenters. The number of hydrogen-bond donors (Lipinski definition) is 1. The molecule has 1 aromatic rings. The van der Waals surface area contributed by atoms with Crippen LogP contribution in [-0.4, -0.2) is 37.0 Å². The van der Waals surface area contributed by atoms with Crippen molar-refractivity contribution in [2.75, 3.05) is 20.2 Å². The minimum atomic E-state index is 0.311. The van der Waals surface area contributed by atoms with Gasteiger partial charge in [0.15, 0.2) is 0 Å². The van der Waals surface area contributed by atoms with Crippen molar-refractivity contribution in [3.8, 4) is 11.8 Å². The molecule has 5 nitrogen and oxygen atoms in total. The Balaban J connectivity index is 1.57. The zero-order chi connectivity index (χ0) is 17.8. The number of methoxy groups -OCH3 is 1. The van der Waals surface area contributed by atoms with E-state index < -0.39 is 0 Å². The fraction of sp³-hybridized carbons (Fsp3) is 0.600. The number of likely N-dealkylation sites (tertiary alicyclic amines) is 1. The van der Waals surface area contributed by atoms with Crippen LogP contribution < -0.4 is 10.1 Å². The van der Waals surface area contributed by atoms with Crippen LogP contribution in [0.15, 0.2) is 18.2 Å². The van der Waals surface area contributed by atoms with Crippen LogP contribution in [0, 0.1) is 23.2 Å². The Hall–Kier alpha value is -2.06. The Morgan fingerprint density at radius 3 is 2.84 bits per heavy atom. The van der Waals surface area contributed by atoms with Gasteiger partial charge in [-0.3, -0.25) is 4.79 Å². The molecule has 2 fully saturated rings. The average Bonchev–Trinajstić information content (AvgIpc) is 3.50. The minimum absolute atomic E-state index is 0.311. The van der Waals surface area contributed by atoms with Crippen LogP contribution in [0.25, 0.3) is 0 Å². The lowest BCUT2D eigenvalue weighted by Gasteiger charge is -2.39. The van der Waals surface area contributed by atoms with Gasteiger partial charge in [0.2, 0.25) is 5.91 Å². The topological polar surface area (TPSA) is 65.4 Å². The van der Waals surface area contributed by atoms with E-state index in [0.717, 1.165) is 50.9 Å². The molecule has 1 N–H and O–H groups in total. The molecule has 134 valence electrons. The van der Waals surface area contributed by atoms with E-state index in [2.05, 4.69) is 23.2 Å². The fourth-order valence-electron chi connectivity index (χ4n) is 3.70. The average molecular weight is 341 g/mol. The molecule has 1 aliphatic heterocycles. The molecule has 0 radical (unpaired) electrons. The standard InChI is InChI=1S/C20H27N3O2/c1-3-15-13-23(20(24)16-5-6-16)9-8-18(15)22-12-14-4-7-19(25-2)17(10-14)11-21/h4,7,10,15-16,18,22H,3,5-6,8-9,12-13H2,1-2H3/t15-,18+/m1/s1. The van der Waals surface area contributed by atoms with E-state index in [4.69, 9.17) is 4.74 Å². The molecule has 0 bridgehead atoms. The summed E-state index contributed by atoms with van der Waals surface area (Å²) in [5, 5.41) is 12.9. The number of benzene rings is 1. The molecule has 1 saturated carbocycles. The van der Waals surface area contributed by atoms with Crippen molar-refractivity contribution < 1.29 is 9.53 Å². The van der Waals surface area contributed by atoms with Crippen LogP contribution >= 0.6 is 0 Å². The highest BCUT2D eigenvalue weighted by atomic mass is 16.5. The summed E-state index contributed by atoms with van der Waals surface area (Å²) in [7, 11) is 1.58. The molecule has 1 heterocycles. The molecule has 1 saturated heterocycles. The SMILES string of the molecule is CC[C@@H]1CN(C(=O)C2CC2)CC[C@@H]1NCc1ccc(OC)c(C#N)c1.